The second-order valence-corrected chi connectivity index (χ2v) is 4.40. The minimum absolute atomic E-state index is 0.507. The van der Waals surface area contributed by atoms with Gasteiger partial charge in [-0.1, -0.05) is 24.3 Å². The summed E-state index contributed by atoms with van der Waals surface area (Å²) in [6.07, 6.45) is 1.56. The van der Waals surface area contributed by atoms with Gasteiger partial charge in [-0.15, -0.1) is 0 Å². The number of hydrogen-bond acceptors (Lipinski definition) is 4. The standard InChI is InChI=1S/C16H18N2O2/c1-12-5-3-4-6-14(12)11-20-15-8-7-13(10-18-17)9-16(15)19-2/h3-10H,11,17H2,1-2H3. The van der Waals surface area contributed by atoms with Crippen LogP contribution in [-0.2, 0) is 6.61 Å². The lowest BCUT2D eigenvalue weighted by molar-refractivity contribution is 0.284. The highest BCUT2D eigenvalue weighted by atomic mass is 16.5. The molecular weight excluding hydrogens is 252 g/mol. The van der Waals surface area contributed by atoms with Crippen LogP contribution in [-0.4, -0.2) is 13.3 Å². The highest BCUT2D eigenvalue weighted by Gasteiger charge is 2.06. The van der Waals surface area contributed by atoms with Gasteiger partial charge in [-0.3, -0.25) is 0 Å². The van der Waals surface area contributed by atoms with Crippen LogP contribution in [0.5, 0.6) is 11.5 Å². The van der Waals surface area contributed by atoms with Crippen LogP contribution < -0.4 is 15.3 Å². The van der Waals surface area contributed by atoms with E-state index in [1.165, 1.54) is 5.56 Å². The van der Waals surface area contributed by atoms with Crippen molar-refractivity contribution in [2.45, 2.75) is 13.5 Å². The average Bonchev–Trinajstić information content (AvgIpc) is 2.47. The highest BCUT2D eigenvalue weighted by molar-refractivity contribution is 5.80. The molecule has 2 aromatic carbocycles. The number of rotatable bonds is 5. The monoisotopic (exact) mass is 270 g/mol. The Balaban J connectivity index is 2.15. The number of nitrogens with two attached hydrogens (primary N) is 1. The van der Waals surface area contributed by atoms with Crippen LogP contribution in [0.2, 0.25) is 0 Å². The van der Waals surface area contributed by atoms with Crippen molar-refractivity contribution < 1.29 is 9.47 Å². The van der Waals surface area contributed by atoms with E-state index in [4.69, 9.17) is 15.3 Å². The summed E-state index contributed by atoms with van der Waals surface area (Å²) in [5.74, 6) is 6.50. The highest BCUT2D eigenvalue weighted by Crippen LogP contribution is 2.28. The summed E-state index contributed by atoms with van der Waals surface area (Å²) in [7, 11) is 1.61. The molecule has 0 aromatic heterocycles. The van der Waals surface area contributed by atoms with Crippen molar-refractivity contribution in [2.75, 3.05) is 7.11 Å². The van der Waals surface area contributed by atoms with E-state index in [0.29, 0.717) is 18.1 Å². The lowest BCUT2D eigenvalue weighted by atomic mass is 10.1. The van der Waals surface area contributed by atoms with Crippen molar-refractivity contribution in [3.8, 4) is 11.5 Å². The summed E-state index contributed by atoms with van der Waals surface area (Å²) in [4.78, 5) is 0. The number of methoxy groups -OCH3 is 1. The fourth-order valence-corrected chi connectivity index (χ4v) is 1.90. The van der Waals surface area contributed by atoms with Crippen molar-refractivity contribution in [3.05, 3.63) is 59.2 Å². The summed E-state index contributed by atoms with van der Waals surface area (Å²) < 4.78 is 11.2. The Morgan fingerprint density at radius 2 is 1.95 bits per heavy atom. The minimum Gasteiger partial charge on any atom is -0.493 e. The zero-order valence-corrected chi connectivity index (χ0v) is 11.7. The predicted octanol–water partition coefficient (Wildman–Crippen LogP) is 2.88. The summed E-state index contributed by atoms with van der Waals surface area (Å²) in [5, 5.41) is 3.49. The van der Waals surface area contributed by atoms with Crippen molar-refractivity contribution in [1.82, 2.24) is 0 Å². The van der Waals surface area contributed by atoms with Crippen molar-refractivity contribution in [2.24, 2.45) is 10.9 Å². The van der Waals surface area contributed by atoms with Gasteiger partial charge in [0, 0.05) is 0 Å². The number of aryl methyl sites for hydroxylation is 1. The second kappa shape index (κ2) is 6.61. The van der Waals surface area contributed by atoms with Gasteiger partial charge >= 0.3 is 0 Å². The lowest BCUT2D eigenvalue weighted by Gasteiger charge is -2.12. The molecule has 0 atom stereocenters. The zero-order chi connectivity index (χ0) is 14.4. The Kier molecular flexibility index (Phi) is 4.60. The van der Waals surface area contributed by atoms with E-state index in [0.717, 1.165) is 11.1 Å². The van der Waals surface area contributed by atoms with Crippen molar-refractivity contribution in [3.63, 3.8) is 0 Å². The van der Waals surface area contributed by atoms with Crippen molar-refractivity contribution >= 4 is 6.21 Å². The Morgan fingerprint density at radius 1 is 1.15 bits per heavy atom. The van der Waals surface area contributed by atoms with E-state index in [9.17, 15) is 0 Å². The maximum Gasteiger partial charge on any atom is 0.161 e. The van der Waals surface area contributed by atoms with Crippen LogP contribution in [0.1, 0.15) is 16.7 Å². The average molecular weight is 270 g/mol. The van der Waals surface area contributed by atoms with Gasteiger partial charge in [0.05, 0.1) is 13.3 Å². The molecule has 104 valence electrons. The lowest BCUT2D eigenvalue weighted by Crippen LogP contribution is -2.00. The number of hydrogen-bond donors (Lipinski definition) is 1. The third-order valence-electron chi connectivity index (χ3n) is 3.06. The molecule has 20 heavy (non-hydrogen) atoms. The first-order valence-corrected chi connectivity index (χ1v) is 6.33. The molecule has 0 heterocycles. The quantitative estimate of drug-likeness (QED) is 0.516. The SMILES string of the molecule is COc1cc(C=NN)ccc1OCc1ccccc1C. The molecule has 0 aliphatic heterocycles. The van der Waals surface area contributed by atoms with Crippen LogP contribution in [0.4, 0.5) is 0 Å². The molecule has 4 nitrogen and oxygen atoms in total. The molecule has 2 N–H and O–H groups in total. The molecule has 2 aromatic rings. The second-order valence-electron chi connectivity index (χ2n) is 4.40. The molecule has 4 heteroatoms. The molecule has 0 spiro atoms. The maximum absolute atomic E-state index is 5.83. The Labute approximate surface area is 118 Å². The molecule has 0 saturated carbocycles. The van der Waals surface area contributed by atoms with Crippen LogP contribution in [0, 0.1) is 6.92 Å². The summed E-state index contributed by atoms with van der Waals surface area (Å²) in [5.41, 5.74) is 3.23. The summed E-state index contributed by atoms with van der Waals surface area (Å²) >= 11 is 0. The number of nitrogens with zero attached hydrogens (tertiary/aromatic N) is 1. The zero-order valence-electron chi connectivity index (χ0n) is 11.7. The van der Waals surface area contributed by atoms with E-state index in [1.807, 2.05) is 30.3 Å². The van der Waals surface area contributed by atoms with Gasteiger partial charge in [-0.05, 0) is 41.8 Å². The number of hydrazone groups is 1. The molecule has 0 amide bonds. The molecule has 0 radical (unpaired) electrons. The molecule has 0 unspecified atom stereocenters. The van der Waals surface area contributed by atoms with Gasteiger partial charge in [0.1, 0.15) is 6.61 Å². The first-order valence-electron chi connectivity index (χ1n) is 6.33. The molecule has 0 saturated heterocycles. The minimum atomic E-state index is 0.507. The predicted molar refractivity (Wildman–Crippen MR) is 80.3 cm³/mol. The van der Waals surface area contributed by atoms with Crippen LogP contribution in [0.15, 0.2) is 47.6 Å². The molecule has 0 bridgehead atoms. The Morgan fingerprint density at radius 3 is 2.65 bits per heavy atom. The van der Waals surface area contributed by atoms with Gasteiger partial charge in [-0.25, -0.2) is 0 Å². The fraction of sp³-hybridized carbons (Fsp3) is 0.188. The van der Waals surface area contributed by atoms with Crippen LogP contribution in [0.3, 0.4) is 0 Å². The van der Waals surface area contributed by atoms with Gasteiger partial charge in [-0.2, -0.15) is 5.10 Å². The molecular formula is C16H18N2O2. The maximum atomic E-state index is 5.83. The number of ether oxygens (including phenoxy) is 2. The van der Waals surface area contributed by atoms with Gasteiger partial charge in [0.25, 0.3) is 0 Å². The van der Waals surface area contributed by atoms with Gasteiger partial charge in [0.2, 0.25) is 0 Å². The van der Waals surface area contributed by atoms with Crippen LogP contribution >= 0.6 is 0 Å². The molecule has 0 fully saturated rings. The third-order valence-corrected chi connectivity index (χ3v) is 3.06. The summed E-state index contributed by atoms with van der Waals surface area (Å²) in [6.45, 7) is 2.57. The van der Waals surface area contributed by atoms with Crippen LogP contribution in [0.25, 0.3) is 0 Å². The largest absolute Gasteiger partial charge is 0.493 e. The van der Waals surface area contributed by atoms with E-state index in [1.54, 1.807) is 13.3 Å². The van der Waals surface area contributed by atoms with E-state index in [-0.39, 0.29) is 0 Å². The fourth-order valence-electron chi connectivity index (χ4n) is 1.90. The smallest absolute Gasteiger partial charge is 0.161 e. The third kappa shape index (κ3) is 3.29. The Hall–Kier alpha value is -2.49. The van der Waals surface area contributed by atoms with E-state index < -0.39 is 0 Å². The van der Waals surface area contributed by atoms with E-state index in [2.05, 4.69) is 24.2 Å². The number of benzene rings is 2. The van der Waals surface area contributed by atoms with Gasteiger partial charge in [0.15, 0.2) is 11.5 Å². The van der Waals surface area contributed by atoms with Crippen molar-refractivity contribution in [1.29, 1.82) is 0 Å². The normalized spacial score (nSPS) is 10.7. The Bertz CT molecular complexity index is 609. The summed E-state index contributed by atoms with van der Waals surface area (Å²) in [6, 6.07) is 13.7. The molecule has 0 aliphatic carbocycles. The first kappa shape index (κ1) is 13.9. The van der Waals surface area contributed by atoms with E-state index >= 15 is 0 Å². The topological polar surface area (TPSA) is 56.8 Å². The van der Waals surface area contributed by atoms with Gasteiger partial charge < -0.3 is 15.3 Å². The molecule has 0 aliphatic rings. The first-order chi connectivity index (χ1) is 9.74. The molecule has 2 rings (SSSR count).